The zero-order valence-electron chi connectivity index (χ0n) is 8.64. The minimum Gasteiger partial charge on any atom is -0.271 e. The van der Waals surface area contributed by atoms with Crippen LogP contribution in [-0.4, -0.2) is 14.8 Å². The quantitative estimate of drug-likeness (QED) is 0.595. The van der Waals surface area contributed by atoms with Crippen molar-refractivity contribution in [1.82, 2.24) is 20.2 Å². The van der Waals surface area contributed by atoms with Gasteiger partial charge in [0.15, 0.2) is 0 Å². The number of hydrogen-bond acceptors (Lipinski definition) is 5. The van der Waals surface area contributed by atoms with E-state index in [2.05, 4.69) is 15.5 Å². The Hall–Kier alpha value is -1.24. The van der Waals surface area contributed by atoms with Crippen molar-refractivity contribution in [2.45, 2.75) is 13.0 Å². The van der Waals surface area contributed by atoms with Gasteiger partial charge in [-0.1, -0.05) is 0 Å². The molecule has 0 spiro atoms. The second-order valence-corrected chi connectivity index (χ2v) is 4.17. The van der Waals surface area contributed by atoms with Gasteiger partial charge < -0.3 is 0 Å². The lowest BCUT2D eigenvalue weighted by atomic mass is 10.1. The van der Waals surface area contributed by atoms with Crippen molar-refractivity contribution in [2.75, 3.05) is 0 Å². The molecule has 1 unspecified atom stereocenters. The summed E-state index contributed by atoms with van der Waals surface area (Å²) in [5.74, 6) is 5.58. The van der Waals surface area contributed by atoms with E-state index >= 15 is 0 Å². The van der Waals surface area contributed by atoms with Crippen molar-refractivity contribution in [3.05, 3.63) is 34.0 Å². The number of hydrogen-bond donors (Lipinski definition) is 2. The molecule has 0 aromatic carbocycles. The van der Waals surface area contributed by atoms with E-state index in [1.165, 1.54) is 0 Å². The minimum atomic E-state index is -0.0370. The van der Waals surface area contributed by atoms with E-state index in [4.69, 9.17) is 5.84 Å². The third-order valence-electron chi connectivity index (χ3n) is 2.37. The molecule has 1 atom stereocenters. The fourth-order valence-corrected chi connectivity index (χ4v) is 2.42. The SMILES string of the molecule is Cc1ncsc1C(NN)c1ccnn1C. The molecule has 5 nitrogen and oxygen atoms in total. The highest BCUT2D eigenvalue weighted by Gasteiger charge is 2.19. The van der Waals surface area contributed by atoms with Crippen LogP contribution in [0.2, 0.25) is 0 Å². The topological polar surface area (TPSA) is 68.8 Å². The number of aryl methyl sites for hydroxylation is 2. The van der Waals surface area contributed by atoms with Crippen LogP contribution in [0.1, 0.15) is 22.3 Å². The summed E-state index contributed by atoms with van der Waals surface area (Å²) < 4.78 is 1.81. The number of rotatable bonds is 3. The monoisotopic (exact) mass is 223 g/mol. The predicted molar refractivity (Wildman–Crippen MR) is 59.2 cm³/mol. The lowest BCUT2D eigenvalue weighted by Gasteiger charge is -2.14. The van der Waals surface area contributed by atoms with Crippen molar-refractivity contribution in [1.29, 1.82) is 0 Å². The van der Waals surface area contributed by atoms with E-state index in [9.17, 15) is 0 Å². The Bertz CT molecular complexity index is 407. The molecule has 0 aliphatic heterocycles. The van der Waals surface area contributed by atoms with E-state index in [1.807, 2.05) is 30.2 Å². The third-order valence-corrected chi connectivity index (χ3v) is 3.36. The third kappa shape index (κ3) is 1.79. The molecule has 2 aromatic rings. The molecule has 2 heterocycles. The molecule has 15 heavy (non-hydrogen) atoms. The van der Waals surface area contributed by atoms with E-state index in [0.29, 0.717) is 0 Å². The van der Waals surface area contributed by atoms with Crippen molar-refractivity contribution >= 4 is 11.3 Å². The van der Waals surface area contributed by atoms with Gasteiger partial charge in [0.2, 0.25) is 0 Å². The summed E-state index contributed by atoms with van der Waals surface area (Å²) in [6.07, 6.45) is 1.76. The smallest absolute Gasteiger partial charge is 0.0988 e. The largest absolute Gasteiger partial charge is 0.271 e. The molecular formula is C9H13N5S. The van der Waals surface area contributed by atoms with Crippen LogP contribution in [0.3, 0.4) is 0 Å². The summed E-state index contributed by atoms with van der Waals surface area (Å²) in [4.78, 5) is 5.34. The second-order valence-electron chi connectivity index (χ2n) is 3.28. The van der Waals surface area contributed by atoms with Gasteiger partial charge in [0.25, 0.3) is 0 Å². The van der Waals surface area contributed by atoms with E-state index < -0.39 is 0 Å². The van der Waals surface area contributed by atoms with Gasteiger partial charge in [-0.15, -0.1) is 11.3 Å². The van der Waals surface area contributed by atoms with Gasteiger partial charge in [0, 0.05) is 13.2 Å². The molecule has 80 valence electrons. The molecule has 0 bridgehead atoms. The van der Waals surface area contributed by atoms with Crippen molar-refractivity contribution in [3.63, 3.8) is 0 Å². The first-order chi connectivity index (χ1) is 7.24. The lowest BCUT2D eigenvalue weighted by Crippen LogP contribution is -2.30. The Morgan fingerprint density at radius 2 is 2.40 bits per heavy atom. The summed E-state index contributed by atoms with van der Waals surface area (Å²) >= 11 is 1.59. The Morgan fingerprint density at radius 3 is 2.87 bits per heavy atom. The Balaban J connectivity index is 2.41. The lowest BCUT2D eigenvalue weighted by molar-refractivity contribution is 0.579. The van der Waals surface area contributed by atoms with Crippen LogP contribution in [0.4, 0.5) is 0 Å². The normalized spacial score (nSPS) is 13.0. The highest BCUT2D eigenvalue weighted by molar-refractivity contribution is 7.09. The van der Waals surface area contributed by atoms with Crippen molar-refractivity contribution in [2.24, 2.45) is 12.9 Å². The molecule has 0 aliphatic rings. The van der Waals surface area contributed by atoms with Crippen LogP contribution >= 0.6 is 11.3 Å². The zero-order valence-corrected chi connectivity index (χ0v) is 9.45. The first kappa shape index (κ1) is 10.3. The summed E-state index contributed by atoms with van der Waals surface area (Å²) in [6, 6.07) is 1.91. The number of hydrazine groups is 1. The second kappa shape index (κ2) is 4.09. The van der Waals surface area contributed by atoms with Gasteiger partial charge >= 0.3 is 0 Å². The molecule has 2 aromatic heterocycles. The van der Waals surface area contributed by atoms with Crippen molar-refractivity contribution < 1.29 is 0 Å². The number of nitrogens with one attached hydrogen (secondary N) is 1. The Kier molecular flexibility index (Phi) is 2.81. The van der Waals surface area contributed by atoms with E-state index in [0.717, 1.165) is 16.3 Å². The number of nitrogens with two attached hydrogens (primary N) is 1. The fraction of sp³-hybridized carbons (Fsp3) is 0.333. The van der Waals surface area contributed by atoms with Crippen molar-refractivity contribution in [3.8, 4) is 0 Å². The van der Waals surface area contributed by atoms with Gasteiger partial charge in [0.05, 0.1) is 27.8 Å². The van der Waals surface area contributed by atoms with Crippen LogP contribution in [0, 0.1) is 6.92 Å². The van der Waals surface area contributed by atoms with Crippen LogP contribution in [0.5, 0.6) is 0 Å². The molecule has 0 saturated carbocycles. The van der Waals surface area contributed by atoms with Gasteiger partial charge in [-0.2, -0.15) is 5.10 Å². The van der Waals surface area contributed by atoms with E-state index in [-0.39, 0.29) is 6.04 Å². The molecule has 0 aliphatic carbocycles. The van der Waals surface area contributed by atoms with Gasteiger partial charge in [-0.05, 0) is 13.0 Å². The number of thiazole rings is 1. The maximum Gasteiger partial charge on any atom is 0.0988 e. The predicted octanol–water partition coefficient (Wildman–Crippen LogP) is 0.738. The molecular weight excluding hydrogens is 210 g/mol. The zero-order chi connectivity index (χ0) is 10.8. The van der Waals surface area contributed by atoms with Gasteiger partial charge in [0.1, 0.15) is 0 Å². The fourth-order valence-electron chi connectivity index (χ4n) is 1.55. The molecule has 3 N–H and O–H groups in total. The molecule has 0 saturated heterocycles. The number of aromatic nitrogens is 3. The molecule has 0 radical (unpaired) electrons. The van der Waals surface area contributed by atoms with Crippen LogP contribution in [0.25, 0.3) is 0 Å². The highest BCUT2D eigenvalue weighted by Crippen LogP contribution is 2.26. The maximum atomic E-state index is 5.58. The Labute approximate surface area is 91.9 Å². The van der Waals surface area contributed by atoms with Crippen LogP contribution in [0.15, 0.2) is 17.8 Å². The maximum absolute atomic E-state index is 5.58. The van der Waals surface area contributed by atoms with Crippen LogP contribution < -0.4 is 11.3 Å². The Morgan fingerprint density at radius 1 is 1.60 bits per heavy atom. The van der Waals surface area contributed by atoms with Crippen LogP contribution in [-0.2, 0) is 7.05 Å². The standard InChI is InChI=1S/C9H13N5S/c1-6-9(15-5-11-6)8(13-10)7-3-4-12-14(7)2/h3-5,8,13H,10H2,1-2H3. The molecule has 0 fully saturated rings. The first-order valence-corrected chi connectivity index (χ1v) is 5.46. The van der Waals surface area contributed by atoms with E-state index in [1.54, 1.807) is 17.5 Å². The highest BCUT2D eigenvalue weighted by atomic mass is 32.1. The summed E-state index contributed by atoms with van der Waals surface area (Å²) in [7, 11) is 1.90. The average Bonchev–Trinajstić information content (AvgIpc) is 2.80. The summed E-state index contributed by atoms with van der Waals surface area (Å²) in [5, 5.41) is 4.13. The average molecular weight is 223 g/mol. The molecule has 2 rings (SSSR count). The van der Waals surface area contributed by atoms with Gasteiger partial charge in [-0.25, -0.2) is 10.4 Å². The first-order valence-electron chi connectivity index (χ1n) is 4.58. The minimum absolute atomic E-state index is 0.0370. The summed E-state index contributed by atoms with van der Waals surface area (Å²) in [5.41, 5.74) is 6.66. The molecule has 0 amide bonds. The number of nitrogens with zero attached hydrogens (tertiary/aromatic N) is 3. The summed E-state index contributed by atoms with van der Waals surface area (Å²) in [6.45, 7) is 1.98. The molecule has 6 heteroatoms. The van der Waals surface area contributed by atoms with Gasteiger partial charge in [-0.3, -0.25) is 10.5 Å².